The largest absolute Gasteiger partial charge is 0.359 e. The third-order valence-electron chi connectivity index (χ3n) is 10.5. The molecule has 5 nitrogen and oxygen atoms in total. The molecular formula is C34H44ClF2N3O2. The van der Waals surface area contributed by atoms with Crippen molar-refractivity contribution in [3.05, 3.63) is 69.2 Å². The van der Waals surface area contributed by atoms with E-state index in [4.69, 9.17) is 11.6 Å². The van der Waals surface area contributed by atoms with Crippen LogP contribution in [0.4, 0.5) is 8.78 Å². The molecule has 42 heavy (non-hydrogen) atoms. The van der Waals surface area contributed by atoms with E-state index in [0.29, 0.717) is 31.7 Å². The number of benzene rings is 2. The monoisotopic (exact) mass is 599 g/mol. The second-order valence-corrected chi connectivity index (χ2v) is 14.7. The van der Waals surface area contributed by atoms with Gasteiger partial charge in [-0.05, 0) is 92.7 Å². The smallest absolute Gasteiger partial charge is 0.227 e. The maximum atomic E-state index is 15.0. The molecule has 8 heteroatoms. The summed E-state index contributed by atoms with van der Waals surface area (Å²) >= 11 is 6.66. The minimum Gasteiger partial charge on any atom is -0.359 e. The van der Waals surface area contributed by atoms with Crippen molar-refractivity contribution in [2.24, 2.45) is 11.3 Å². The van der Waals surface area contributed by atoms with Crippen LogP contribution in [0.25, 0.3) is 0 Å². The van der Waals surface area contributed by atoms with Crippen LogP contribution < -0.4 is 5.32 Å². The Kier molecular flexibility index (Phi) is 8.02. The van der Waals surface area contributed by atoms with E-state index in [2.05, 4.69) is 43.1 Å². The van der Waals surface area contributed by atoms with Gasteiger partial charge >= 0.3 is 0 Å². The molecule has 1 aliphatic carbocycles. The molecule has 2 amide bonds. The predicted octanol–water partition coefficient (Wildman–Crippen LogP) is 6.56. The van der Waals surface area contributed by atoms with Gasteiger partial charge in [0.2, 0.25) is 11.8 Å². The molecule has 2 aromatic rings. The summed E-state index contributed by atoms with van der Waals surface area (Å²) in [5.41, 5.74) is 2.84. The van der Waals surface area contributed by atoms with E-state index in [9.17, 15) is 18.4 Å². The van der Waals surface area contributed by atoms with Gasteiger partial charge in [-0.2, -0.15) is 0 Å². The minimum absolute atomic E-state index is 0.0134. The van der Waals surface area contributed by atoms with E-state index in [-0.39, 0.29) is 34.6 Å². The summed E-state index contributed by atoms with van der Waals surface area (Å²) in [7, 11) is 1.68. The fourth-order valence-corrected chi connectivity index (χ4v) is 7.93. The summed E-state index contributed by atoms with van der Waals surface area (Å²) in [6, 6.07) is 7.95. The number of hydrogen-bond donors (Lipinski definition) is 1. The lowest BCUT2D eigenvalue weighted by atomic mass is 9.69. The number of nitrogens with zero attached hydrogens (tertiary/aromatic N) is 2. The number of amides is 2. The first-order chi connectivity index (χ1) is 19.6. The van der Waals surface area contributed by atoms with Crippen molar-refractivity contribution in [2.45, 2.75) is 83.6 Å². The Bertz CT molecular complexity index is 1390. The lowest BCUT2D eigenvalue weighted by molar-refractivity contribution is -0.137. The Labute approximate surface area is 254 Å². The summed E-state index contributed by atoms with van der Waals surface area (Å²) in [4.78, 5) is 31.3. The van der Waals surface area contributed by atoms with E-state index < -0.39 is 23.0 Å². The predicted molar refractivity (Wildman–Crippen MR) is 163 cm³/mol. The molecule has 0 unspecified atom stereocenters. The fraction of sp³-hybridized carbons (Fsp3) is 0.588. The summed E-state index contributed by atoms with van der Waals surface area (Å²) in [5.74, 6) is -1.88. The van der Waals surface area contributed by atoms with Gasteiger partial charge in [0, 0.05) is 55.8 Å². The Hall–Kier alpha value is -2.51. The number of rotatable bonds is 4. The normalized spacial score (nSPS) is 24.2. The summed E-state index contributed by atoms with van der Waals surface area (Å²) < 4.78 is 28.8. The van der Waals surface area contributed by atoms with Gasteiger partial charge in [-0.25, -0.2) is 8.78 Å². The second-order valence-electron chi connectivity index (χ2n) is 14.3. The number of hydrogen-bond acceptors (Lipinski definition) is 3. The molecule has 0 radical (unpaired) electrons. The number of aryl methyl sites for hydroxylation is 1. The molecule has 2 aromatic carbocycles. The molecule has 2 heterocycles. The molecule has 2 saturated heterocycles. The summed E-state index contributed by atoms with van der Waals surface area (Å²) in [6.07, 6.45) is 2.38. The van der Waals surface area contributed by atoms with Gasteiger partial charge in [0.25, 0.3) is 0 Å². The van der Waals surface area contributed by atoms with Gasteiger partial charge in [0.15, 0.2) is 0 Å². The third-order valence-corrected chi connectivity index (χ3v) is 10.9. The summed E-state index contributed by atoms with van der Waals surface area (Å²) in [6.45, 7) is 14.6. The Morgan fingerprint density at radius 3 is 2.26 bits per heavy atom. The van der Waals surface area contributed by atoms with Crippen molar-refractivity contribution < 1.29 is 18.4 Å². The molecule has 0 bridgehead atoms. The first-order valence-corrected chi connectivity index (χ1v) is 15.5. The van der Waals surface area contributed by atoms with Crippen LogP contribution in [0.3, 0.4) is 0 Å². The number of carbonyl (C=O) groups excluding carboxylic acids is 2. The maximum absolute atomic E-state index is 15.0. The zero-order valence-corrected chi connectivity index (χ0v) is 26.7. The number of nitrogens with one attached hydrogen (secondary N) is 1. The molecule has 2 fully saturated rings. The van der Waals surface area contributed by atoms with Crippen molar-refractivity contribution in [1.82, 2.24) is 15.1 Å². The van der Waals surface area contributed by atoms with Crippen LogP contribution in [-0.2, 0) is 15.0 Å². The standard InChI is InChI=1S/C34H44ClF2N3O2/c1-20-14-23-26(16-28(20)35)34(17-27(23)33(5,6)31(42)38-7)10-12-39(13-11-34)30(41)25-19-40(32(2,3)4)18-24(25)22-9-8-21(36)15-29(22)37/h8-9,14-16,24-25,27H,10-13,17-19H2,1-7H3,(H,38,42)/t24-,25+,27+/m0/s1. The molecule has 5 rings (SSSR count). The van der Waals surface area contributed by atoms with Crippen molar-refractivity contribution >= 4 is 23.4 Å². The van der Waals surface area contributed by atoms with E-state index >= 15 is 0 Å². The Balaban J connectivity index is 1.41. The molecule has 3 atom stereocenters. The topological polar surface area (TPSA) is 52.7 Å². The SMILES string of the molecule is CNC(=O)C(C)(C)[C@@H]1CC2(CCN(C(=O)[C@@H]3CN(C(C)(C)C)C[C@H]3c3ccc(F)cc3F)CC2)c2cc(Cl)c(C)cc21. The third kappa shape index (κ3) is 5.25. The van der Waals surface area contributed by atoms with E-state index in [1.54, 1.807) is 7.05 Å². The van der Waals surface area contributed by atoms with Crippen LogP contribution in [-0.4, -0.2) is 60.4 Å². The number of carbonyl (C=O) groups is 2. The molecule has 0 aromatic heterocycles. The first-order valence-electron chi connectivity index (χ1n) is 15.1. The Morgan fingerprint density at radius 2 is 1.67 bits per heavy atom. The number of piperidine rings is 1. The van der Waals surface area contributed by atoms with Crippen molar-refractivity contribution in [1.29, 1.82) is 0 Å². The van der Waals surface area contributed by atoms with E-state index in [1.807, 2.05) is 25.7 Å². The van der Waals surface area contributed by atoms with E-state index in [1.165, 1.54) is 23.3 Å². The number of halogens is 3. The van der Waals surface area contributed by atoms with Crippen LogP contribution >= 0.6 is 11.6 Å². The lowest BCUT2D eigenvalue weighted by Gasteiger charge is -2.42. The molecule has 2 aliphatic heterocycles. The second kappa shape index (κ2) is 10.9. The van der Waals surface area contributed by atoms with Gasteiger partial charge in [0.1, 0.15) is 11.6 Å². The van der Waals surface area contributed by atoms with Gasteiger partial charge in [-0.15, -0.1) is 0 Å². The highest BCUT2D eigenvalue weighted by Crippen LogP contribution is 2.58. The van der Waals surface area contributed by atoms with Crippen LogP contribution in [0.2, 0.25) is 5.02 Å². The van der Waals surface area contributed by atoms with Gasteiger partial charge in [0.05, 0.1) is 11.3 Å². The van der Waals surface area contributed by atoms with Crippen molar-refractivity contribution in [3.63, 3.8) is 0 Å². The Morgan fingerprint density at radius 1 is 1.00 bits per heavy atom. The van der Waals surface area contributed by atoms with Gasteiger partial charge in [-0.1, -0.05) is 37.6 Å². The number of likely N-dealkylation sites (tertiary alicyclic amines) is 2. The highest BCUT2D eigenvalue weighted by atomic mass is 35.5. The van der Waals surface area contributed by atoms with Gasteiger partial charge in [-0.3, -0.25) is 14.5 Å². The molecular weight excluding hydrogens is 556 g/mol. The lowest BCUT2D eigenvalue weighted by Crippen LogP contribution is -2.48. The highest BCUT2D eigenvalue weighted by molar-refractivity contribution is 6.31. The highest BCUT2D eigenvalue weighted by Gasteiger charge is 2.53. The molecule has 1 N–H and O–H groups in total. The molecule has 3 aliphatic rings. The molecule has 228 valence electrons. The average Bonchev–Trinajstić information content (AvgIpc) is 3.50. The van der Waals surface area contributed by atoms with E-state index in [0.717, 1.165) is 35.9 Å². The quantitative estimate of drug-likeness (QED) is 0.433. The van der Waals surface area contributed by atoms with Crippen molar-refractivity contribution in [2.75, 3.05) is 33.2 Å². The first kappa shape index (κ1) is 30.9. The van der Waals surface area contributed by atoms with Crippen LogP contribution in [0.5, 0.6) is 0 Å². The zero-order chi connectivity index (χ0) is 30.8. The average molecular weight is 600 g/mol. The van der Waals surface area contributed by atoms with Gasteiger partial charge < -0.3 is 10.2 Å². The fourth-order valence-electron chi connectivity index (χ4n) is 7.77. The van der Waals surface area contributed by atoms with Crippen molar-refractivity contribution in [3.8, 4) is 0 Å². The van der Waals surface area contributed by atoms with Crippen LogP contribution in [0, 0.1) is 29.9 Å². The zero-order valence-electron chi connectivity index (χ0n) is 25.9. The maximum Gasteiger partial charge on any atom is 0.227 e. The molecule has 1 spiro atoms. The molecule has 0 saturated carbocycles. The summed E-state index contributed by atoms with van der Waals surface area (Å²) in [5, 5.41) is 3.58. The minimum atomic E-state index is -0.615. The van der Waals surface area contributed by atoms with Crippen LogP contribution in [0.1, 0.15) is 88.0 Å². The van der Waals surface area contributed by atoms with Crippen LogP contribution in [0.15, 0.2) is 30.3 Å². The number of fused-ring (bicyclic) bond motifs is 2.